The average Bonchev–Trinajstić information content (AvgIpc) is 2.61. The zero-order valence-corrected chi connectivity index (χ0v) is 9.64. The van der Waals surface area contributed by atoms with Crippen molar-refractivity contribution in [2.24, 2.45) is 0 Å². The zero-order chi connectivity index (χ0) is 12.4. The highest BCUT2D eigenvalue weighted by Crippen LogP contribution is 2.18. The molecule has 2 rings (SSSR count). The molecule has 0 spiro atoms. The normalized spacial score (nSPS) is 10.5. The van der Waals surface area contributed by atoms with Gasteiger partial charge in [0.2, 0.25) is 0 Å². The minimum Gasteiger partial charge on any atom is -0.494 e. The number of nitrogens with zero attached hydrogens (tertiary/aromatic N) is 3. The van der Waals surface area contributed by atoms with E-state index >= 15 is 0 Å². The molecule has 0 aliphatic heterocycles. The van der Waals surface area contributed by atoms with Gasteiger partial charge in [0.05, 0.1) is 19.3 Å². The molecule has 1 heterocycles. The third kappa shape index (κ3) is 2.20. The standard InChI is InChI=1S/C11H13FN4O/c1-7-11(13)14-15-16(7)6-8-3-4-10(17-2)9(12)5-8/h3-5H,6,13H2,1-2H3. The first-order chi connectivity index (χ1) is 8.11. The molecule has 0 bridgehead atoms. The number of nitrogen functional groups attached to an aromatic ring is 1. The molecule has 0 fully saturated rings. The number of ether oxygens (including phenoxy) is 1. The smallest absolute Gasteiger partial charge is 0.168 e. The first kappa shape index (κ1) is 11.4. The lowest BCUT2D eigenvalue weighted by Gasteiger charge is -2.06. The van der Waals surface area contributed by atoms with Crippen molar-refractivity contribution in [3.63, 3.8) is 0 Å². The van der Waals surface area contributed by atoms with Crippen LogP contribution in [0.4, 0.5) is 10.2 Å². The summed E-state index contributed by atoms with van der Waals surface area (Å²) in [6.07, 6.45) is 0. The fourth-order valence-electron chi connectivity index (χ4n) is 1.51. The molecule has 0 saturated heterocycles. The molecule has 2 aromatic rings. The van der Waals surface area contributed by atoms with E-state index in [1.807, 2.05) is 6.92 Å². The summed E-state index contributed by atoms with van der Waals surface area (Å²) < 4.78 is 19.9. The fraction of sp³-hybridized carbons (Fsp3) is 0.273. The number of hydrogen-bond acceptors (Lipinski definition) is 4. The number of hydrogen-bond donors (Lipinski definition) is 1. The van der Waals surface area contributed by atoms with E-state index in [9.17, 15) is 4.39 Å². The number of halogens is 1. The Morgan fingerprint density at radius 1 is 1.47 bits per heavy atom. The van der Waals surface area contributed by atoms with Gasteiger partial charge in [-0.3, -0.25) is 0 Å². The summed E-state index contributed by atoms with van der Waals surface area (Å²) in [6, 6.07) is 4.77. The molecular weight excluding hydrogens is 223 g/mol. The van der Waals surface area contributed by atoms with Gasteiger partial charge in [-0.15, -0.1) is 5.10 Å². The summed E-state index contributed by atoms with van der Waals surface area (Å²) in [5.74, 6) is 0.221. The summed E-state index contributed by atoms with van der Waals surface area (Å²) in [6.45, 7) is 2.24. The number of anilines is 1. The van der Waals surface area contributed by atoms with Crippen LogP contribution in [0.1, 0.15) is 11.3 Å². The summed E-state index contributed by atoms with van der Waals surface area (Å²) in [7, 11) is 1.43. The summed E-state index contributed by atoms with van der Waals surface area (Å²) in [4.78, 5) is 0. The number of benzene rings is 1. The van der Waals surface area contributed by atoms with Gasteiger partial charge in [0.25, 0.3) is 0 Å². The number of aromatic nitrogens is 3. The highest BCUT2D eigenvalue weighted by atomic mass is 19.1. The molecule has 90 valence electrons. The van der Waals surface area contributed by atoms with Gasteiger partial charge in [-0.05, 0) is 24.6 Å². The lowest BCUT2D eigenvalue weighted by atomic mass is 10.2. The Bertz CT molecular complexity index is 538. The van der Waals surface area contributed by atoms with E-state index in [4.69, 9.17) is 10.5 Å². The van der Waals surface area contributed by atoms with Crippen LogP contribution in [0.3, 0.4) is 0 Å². The first-order valence-corrected chi connectivity index (χ1v) is 5.10. The van der Waals surface area contributed by atoms with Crippen LogP contribution in [0.5, 0.6) is 5.75 Å². The molecule has 0 unspecified atom stereocenters. The number of rotatable bonds is 3. The van der Waals surface area contributed by atoms with Gasteiger partial charge in [0, 0.05) is 0 Å². The minimum absolute atomic E-state index is 0.226. The van der Waals surface area contributed by atoms with E-state index in [0.717, 1.165) is 11.3 Å². The molecule has 6 heteroatoms. The van der Waals surface area contributed by atoms with Crippen molar-refractivity contribution in [2.45, 2.75) is 13.5 Å². The van der Waals surface area contributed by atoms with Crippen LogP contribution >= 0.6 is 0 Å². The molecule has 1 aromatic heterocycles. The third-order valence-electron chi connectivity index (χ3n) is 2.57. The van der Waals surface area contributed by atoms with Crippen LogP contribution in [0.2, 0.25) is 0 Å². The maximum atomic E-state index is 13.5. The fourth-order valence-corrected chi connectivity index (χ4v) is 1.51. The number of nitrogens with two attached hydrogens (primary N) is 1. The van der Waals surface area contributed by atoms with E-state index < -0.39 is 5.82 Å². The molecule has 0 aliphatic rings. The molecular formula is C11H13FN4O. The SMILES string of the molecule is COc1ccc(Cn2nnc(N)c2C)cc1F. The largest absolute Gasteiger partial charge is 0.494 e. The van der Waals surface area contributed by atoms with Crippen LogP contribution < -0.4 is 10.5 Å². The highest BCUT2D eigenvalue weighted by Gasteiger charge is 2.08. The Kier molecular flexibility index (Phi) is 2.95. The van der Waals surface area contributed by atoms with Crippen molar-refractivity contribution in [1.29, 1.82) is 0 Å². The van der Waals surface area contributed by atoms with E-state index in [0.29, 0.717) is 12.4 Å². The average molecular weight is 236 g/mol. The van der Waals surface area contributed by atoms with Crippen molar-refractivity contribution in [1.82, 2.24) is 15.0 Å². The Morgan fingerprint density at radius 2 is 2.24 bits per heavy atom. The van der Waals surface area contributed by atoms with Crippen molar-refractivity contribution in [3.8, 4) is 5.75 Å². The second-order valence-corrected chi connectivity index (χ2v) is 3.69. The predicted molar refractivity (Wildman–Crippen MR) is 61.2 cm³/mol. The van der Waals surface area contributed by atoms with Gasteiger partial charge in [-0.1, -0.05) is 11.3 Å². The van der Waals surface area contributed by atoms with Gasteiger partial charge < -0.3 is 10.5 Å². The van der Waals surface area contributed by atoms with Gasteiger partial charge in [-0.25, -0.2) is 9.07 Å². The predicted octanol–water partition coefficient (Wildman–Crippen LogP) is 1.36. The molecule has 1 aromatic carbocycles. The monoisotopic (exact) mass is 236 g/mol. The number of methoxy groups -OCH3 is 1. The molecule has 2 N–H and O–H groups in total. The second-order valence-electron chi connectivity index (χ2n) is 3.69. The maximum absolute atomic E-state index is 13.5. The molecule has 17 heavy (non-hydrogen) atoms. The molecule has 5 nitrogen and oxygen atoms in total. The van der Waals surface area contributed by atoms with Crippen LogP contribution in [0.25, 0.3) is 0 Å². The topological polar surface area (TPSA) is 66.0 Å². The van der Waals surface area contributed by atoms with Gasteiger partial charge in [0.15, 0.2) is 17.4 Å². The van der Waals surface area contributed by atoms with Crippen molar-refractivity contribution >= 4 is 5.82 Å². The Hall–Kier alpha value is -2.11. The van der Waals surface area contributed by atoms with Crippen LogP contribution in [-0.2, 0) is 6.54 Å². The Balaban J connectivity index is 2.25. The molecule has 0 radical (unpaired) electrons. The summed E-state index contributed by atoms with van der Waals surface area (Å²) in [5, 5.41) is 7.61. The van der Waals surface area contributed by atoms with E-state index in [1.54, 1.807) is 16.8 Å². The minimum atomic E-state index is -0.393. The lowest BCUT2D eigenvalue weighted by molar-refractivity contribution is 0.386. The first-order valence-electron chi connectivity index (χ1n) is 5.10. The zero-order valence-electron chi connectivity index (χ0n) is 9.64. The van der Waals surface area contributed by atoms with Crippen LogP contribution in [0, 0.1) is 12.7 Å². The van der Waals surface area contributed by atoms with Gasteiger partial charge in [-0.2, -0.15) is 0 Å². The third-order valence-corrected chi connectivity index (χ3v) is 2.57. The van der Waals surface area contributed by atoms with Gasteiger partial charge >= 0.3 is 0 Å². The quantitative estimate of drug-likeness (QED) is 0.874. The second kappa shape index (κ2) is 4.40. The van der Waals surface area contributed by atoms with Crippen molar-refractivity contribution in [2.75, 3.05) is 12.8 Å². The van der Waals surface area contributed by atoms with E-state index in [1.165, 1.54) is 13.2 Å². The Morgan fingerprint density at radius 3 is 2.76 bits per heavy atom. The lowest BCUT2D eigenvalue weighted by Crippen LogP contribution is -2.05. The van der Waals surface area contributed by atoms with E-state index in [2.05, 4.69) is 10.3 Å². The van der Waals surface area contributed by atoms with Gasteiger partial charge in [0.1, 0.15) is 0 Å². The Labute approximate surface area is 98.0 Å². The summed E-state index contributed by atoms with van der Waals surface area (Å²) >= 11 is 0. The van der Waals surface area contributed by atoms with Crippen LogP contribution in [0.15, 0.2) is 18.2 Å². The molecule has 0 aliphatic carbocycles. The van der Waals surface area contributed by atoms with E-state index in [-0.39, 0.29) is 5.75 Å². The van der Waals surface area contributed by atoms with Crippen LogP contribution in [-0.4, -0.2) is 22.1 Å². The van der Waals surface area contributed by atoms with Crippen molar-refractivity contribution < 1.29 is 9.13 Å². The molecule has 0 saturated carbocycles. The summed E-state index contributed by atoms with van der Waals surface area (Å²) in [5.41, 5.74) is 7.12. The van der Waals surface area contributed by atoms with Crippen molar-refractivity contribution in [3.05, 3.63) is 35.3 Å². The maximum Gasteiger partial charge on any atom is 0.168 e. The highest BCUT2D eigenvalue weighted by molar-refractivity contribution is 5.33. The molecule has 0 atom stereocenters. The molecule has 0 amide bonds.